The predicted molar refractivity (Wildman–Crippen MR) is 41.1 cm³/mol. The van der Waals surface area contributed by atoms with Gasteiger partial charge >= 0.3 is 36.3 Å². The number of hydrogen-bond donors (Lipinski definition) is 0. The molecule has 0 fully saturated rings. The number of rotatable bonds is 3. The van der Waals surface area contributed by atoms with Gasteiger partial charge in [-0.25, -0.2) is 4.39 Å². The van der Waals surface area contributed by atoms with E-state index in [0.717, 1.165) is 0 Å². The van der Waals surface area contributed by atoms with Crippen LogP contribution in [0, 0.1) is 0 Å². The van der Waals surface area contributed by atoms with Crippen molar-refractivity contribution in [3.63, 3.8) is 0 Å². The van der Waals surface area contributed by atoms with Crippen molar-refractivity contribution in [3.8, 4) is 0 Å². The summed E-state index contributed by atoms with van der Waals surface area (Å²) in [5, 5.41) is 0. The molecular weight excluding hydrogens is 400 g/mol. The van der Waals surface area contributed by atoms with Gasteiger partial charge in [0.2, 0.25) is 5.83 Å². The highest BCUT2D eigenvalue weighted by atomic mass is 19.4. The lowest BCUT2D eigenvalue weighted by molar-refractivity contribution is -0.393. The van der Waals surface area contributed by atoms with Gasteiger partial charge in [-0.05, 0) is 0 Å². The average molecular weight is 400 g/mol. The summed E-state index contributed by atoms with van der Waals surface area (Å²) in [5.74, 6) is -29.0. The van der Waals surface area contributed by atoms with Crippen LogP contribution in [0.2, 0.25) is 0 Å². The maximum absolute atomic E-state index is 12.9. The van der Waals surface area contributed by atoms with Crippen LogP contribution in [-0.2, 0) is 0 Å². The van der Waals surface area contributed by atoms with E-state index in [4.69, 9.17) is 0 Å². The molecule has 0 saturated heterocycles. The summed E-state index contributed by atoms with van der Waals surface area (Å²) in [6, 6.07) is 0. The Bertz CT molecular complexity index is 496. The molecule has 0 N–H and O–H groups in total. The Kier molecular flexibility index (Phi) is 5.25. The monoisotopic (exact) mass is 400 g/mol. The summed E-state index contributed by atoms with van der Waals surface area (Å²) in [4.78, 5) is 0. The molecule has 16 heteroatoms. The lowest BCUT2D eigenvalue weighted by atomic mass is 9.95. The van der Waals surface area contributed by atoms with Crippen molar-refractivity contribution in [1.29, 1.82) is 0 Å². The molecule has 0 aliphatic heterocycles. The Morgan fingerprint density at radius 3 is 1.00 bits per heavy atom. The molecule has 0 aliphatic carbocycles. The molecule has 0 aromatic heterocycles. The third-order valence-corrected chi connectivity index (χ3v) is 2.21. The Balaban J connectivity index is 6.76. The minimum Gasteiger partial charge on any atom is -0.201 e. The lowest BCUT2D eigenvalue weighted by Gasteiger charge is -2.35. The van der Waals surface area contributed by atoms with E-state index in [-0.39, 0.29) is 0 Å². The van der Waals surface area contributed by atoms with Gasteiger partial charge in [0.25, 0.3) is 0 Å². The van der Waals surface area contributed by atoms with Crippen molar-refractivity contribution in [2.24, 2.45) is 0 Å². The van der Waals surface area contributed by atoms with Crippen molar-refractivity contribution in [2.75, 3.05) is 0 Å². The highest BCUT2D eigenvalue weighted by molar-refractivity contribution is 5.30. The first kappa shape index (κ1) is 22.6. The van der Waals surface area contributed by atoms with E-state index >= 15 is 0 Å². The largest absolute Gasteiger partial charge is 0.460 e. The number of allylic oxidation sites excluding steroid dienone is 2. The molecule has 0 saturated carbocycles. The fourth-order valence-corrected chi connectivity index (χ4v) is 1.11. The van der Waals surface area contributed by atoms with Gasteiger partial charge in [-0.3, -0.25) is 0 Å². The van der Waals surface area contributed by atoms with Crippen LogP contribution in [0.4, 0.5) is 70.2 Å². The summed E-state index contributed by atoms with van der Waals surface area (Å²) in [6.45, 7) is 0. The minimum absolute atomic E-state index is 5.00. The van der Waals surface area contributed by atoms with Crippen molar-refractivity contribution < 1.29 is 70.2 Å². The van der Waals surface area contributed by atoms with Gasteiger partial charge in [0.15, 0.2) is 0 Å². The summed E-state index contributed by atoms with van der Waals surface area (Å²) in [7, 11) is 0. The molecule has 0 heterocycles. The van der Waals surface area contributed by atoms with Crippen LogP contribution in [-0.4, -0.2) is 36.3 Å². The van der Waals surface area contributed by atoms with Crippen LogP contribution in [0.5, 0.6) is 0 Å². The highest BCUT2D eigenvalue weighted by Crippen LogP contribution is 2.58. The van der Waals surface area contributed by atoms with E-state index in [9.17, 15) is 70.2 Å². The first-order valence-electron chi connectivity index (χ1n) is 4.77. The Morgan fingerprint density at radius 2 is 0.792 bits per heavy atom. The second-order valence-electron chi connectivity index (χ2n) is 3.91. The van der Waals surface area contributed by atoms with Crippen molar-refractivity contribution >= 4 is 0 Å². The van der Waals surface area contributed by atoms with Crippen LogP contribution in [0.1, 0.15) is 0 Å². The van der Waals surface area contributed by atoms with Crippen LogP contribution in [0.25, 0.3) is 0 Å². The smallest absolute Gasteiger partial charge is 0.201 e. The molecule has 0 amide bonds. The minimum atomic E-state index is -8.11. The van der Waals surface area contributed by atoms with E-state index < -0.39 is 47.7 Å². The van der Waals surface area contributed by atoms with E-state index in [0.29, 0.717) is 0 Å². The van der Waals surface area contributed by atoms with E-state index in [1.807, 2.05) is 0 Å². The molecule has 0 nitrogen and oxygen atoms in total. The Labute approximate surface area is 119 Å². The topological polar surface area (TPSA) is 0 Å². The second-order valence-corrected chi connectivity index (χ2v) is 3.91. The highest BCUT2D eigenvalue weighted by Gasteiger charge is 2.84. The molecule has 24 heavy (non-hydrogen) atoms. The standard InChI is InChI=1S/C8F16/c9-2(5(15,16)17)1(4(12,13)14)3(10,11)6(18,19)7(20,21)8(22,23)24. The van der Waals surface area contributed by atoms with Crippen LogP contribution < -0.4 is 0 Å². The van der Waals surface area contributed by atoms with Gasteiger partial charge in [0.1, 0.15) is 5.57 Å². The molecule has 0 aromatic carbocycles. The molecule has 0 unspecified atom stereocenters. The zero-order valence-electron chi connectivity index (χ0n) is 10.0. The number of alkyl halides is 15. The van der Waals surface area contributed by atoms with E-state index in [1.54, 1.807) is 0 Å². The molecule has 0 rings (SSSR count). The normalized spacial score (nSPS) is 17.0. The SMILES string of the molecule is FC(=C(C(F)(F)F)C(F)(F)C(F)(F)C(F)(F)C(F)(F)F)C(F)(F)F. The van der Waals surface area contributed by atoms with Gasteiger partial charge < -0.3 is 0 Å². The molecular formula is C8F16. The molecule has 0 spiro atoms. The van der Waals surface area contributed by atoms with Crippen LogP contribution >= 0.6 is 0 Å². The van der Waals surface area contributed by atoms with Crippen LogP contribution in [0.15, 0.2) is 11.4 Å². The molecule has 0 aliphatic rings. The number of hydrogen-bond acceptors (Lipinski definition) is 0. The van der Waals surface area contributed by atoms with E-state index in [2.05, 4.69) is 0 Å². The fourth-order valence-electron chi connectivity index (χ4n) is 1.11. The Hall–Kier alpha value is -1.38. The second kappa shape index (κ2) is 5.57. The van der Waals surface area contributed by atoms with Gasteiger partial charge in [-0.1, -0.05) is 0 Å². The zero-order valence-corrected chi connectivity index (χ0v) is 10.0. The van der Waals surface area contributed by atoms with Gasteiger partial charge in [-0.15, -0.1) is 0 Å². The average Bonchev–Trinajstić information content (AvgIpc) is 2.22. The fraction of sp³-hybridized carbons (Fsp3) is 0.750. The molecule has 0 bridgehead atoms. The summed E-state index contributed by atoms with van der Waals surface area (Å²) >= 11 is 0. The zero-order chi connectivity index (χ0) is 20.2. The van der Waals surface area contributed by atoms with Crippen molar-refractivity contribution in [1.82, 2.24) is 0 Å². The maximum atomic E-state index is 12.9. The third-order valence-electron chi connectivity index (χ3n) is 2.21. The quantitative estimate of drug-likeness (QED) is 0.526. The third kappa shape index (κ3) is 3.50. The van der Waals surface area contributed by atoms with Gasteiger partial charge in [0.05, 0.1) is 0 Å². The predicted octanol–water partition coefficient (Wildman–Crippen LogP) is 5.80. The van der Waals surface area contributed by atoms with Gasteiger partial charge in [-0.2, -0.15) is 65.9 Å². The molecule has 144 valence electrons. The molecule has 0 atom stereocenters. The van der Waals surface area contributed by atoms with Crippen LogP contribution in [0.3, 0.4) is 0 Å². The summed E-state index contributed by atoms with van der Waals surface area (Å²) < 4.78 is 195. The van der Waals surface area contributed by atoms with E-state index in [1.165, 1.54) is 0 Å². The summed E-state index contributed by atoms with van der Waals surface area (Å²) in [6.07, 6.45) is -22.0. The number of halogens is 16. The molecule has 0 aromatic rings. The summed E-state index contributed by atoms with van der Waals surface area (Å²) in [5.41, 5.74) is -5.23. The lowest BCUT2D eigenvalue weighted by Crippen LogP contribution is -2.62. The first-order chi connectivity index (χ1) is 10.0. The maximum Gasteiger partial charge on any atom is 0.460 e. The Morgan fingerprint density at radius 1 is 0.458 bits per heavy atom. The van der Waals surface area contributed by atoms with Crippen molar-refractivity contribution in [2.45, 2.75) is 36.3 Å². The van der Waals surface area contributed by atoms with Gasteiger partial charge in [0, 0.05) is 0 Å². The molecule has 0 radical (unpaired) electrons. The van der Waals surface area contributed by atoms with Crippen molar-refractivity contribution in [3.05, 3.63) is 11.4 Å². The first-order valence-corrected chi connectivity index (χ1v) is 4.77.